The molecule has 1 amide bonds. The summed E-state index contributed by atoms with van der Waals surface area (Å²) in [5.41, 5.74) is 3.30. The Morgan fingerprint density at radius 2 is 2.25 bits per heavy atom. The fourth-order valence-corrected chi connectivity index (χ4v) is 4.44. The zero-order valence-electron chi connectivity index (χ0n) is 13.4. The van der Waals surface area contributed by atoms with Crippen molar-refractivity contribution in [1.82, 2.24) is 14.8 Å². The third kappa shape index (κ3) is 2.84. The van der Waals surface area contributed by atoms with Crippen LogP contribution in [-0.2, 0) is 6.54 Å². The summed E-state index contributed by atoms with van der Waals surface area (Å²) in [5, 5.41) is 1.81. The van der Waals surface area contributed by atoms with Crippen molar-refractivity contribution in [3.05, 3.63) is 52.2 Å². The Morgan fingerprint density at radius 1 is 1.33 bits per heavy atom. The van der Waals surface area contributed by atoms with Crippen LogP contribution in [0, 0.1) is 5.82 Å². The molecule has 1 aromatic heterocycles. The molecule has 1 aromatic carbocycles. The van der Waals surface area contributed by atoms with Gasteiger partial charge in [0.1, 0.15) is 11.5 Å². The first-order chi connectivity index (χ1) is 11.7. The highest BCUT2D eigenvalue weighted by Gasteiger charge is 2.47. The standard InChI is InChI=1S/C18H20FN3OS/c19-15-4-1-3-14(9-15)10-22-8-6-18(22)5-2-7-21(12-18)17(23)16-11-24-13-20-16/h1,3-4,9,11,13H,2,5-8,10,12H2/t18-/m0/s1. The number of thiazole rings is 1. The molecule has 2 fully saturated rings. The normalized spacial score (nSPS) is 24.1. The van der Waals surface area contributed by atoms with E-state index in [-0.39, 0.29) is 17.3 Å². The molecule has 2 aliphatic rings. The Hall–Kier alpha value is -1.79. The number of likely N-dealkylation sites (tertiary alicyclic amines) is 2. The number of carbonyl (C=O) groups is 1. The van der Waals surface area contributed by atoms with Crippen LogP contribution in [0.1, 0.15) is 35.3 Å². The van der Waals surface area contributed by atoms with E-state index in [4.69, 9.17) is 0 Å². The smallest absolute Gasteiger partial charge is 0.273 e. The van der Waals surface area contributed by atoms with Gasteiger partial charge in [0.05, 0.1) is 5.51 Å². The molecule has 1 atom stereocenters. The average Bonchev–Trinajstić information content (AvgIpc) is 3.13. The first-order valence-electron chi connectivity index (χ1n) is 8.33. The van der Waals surface area contributed by atoms with Gasteiger partial charge in [-0.15, -0.1) is 11.3 Å². The molecule has 4 nitrogen and oxygen atoms in total. The van der Waals surface area contributed by atoms with Crippen molar-refractivity contribution in [2.45, 2.75) is 31.3 Å². The van der Waals surface area contributed by atoms with E-state index < -0.39 is 0 Å². The molecule has 126 valence electrons. The molecular formula is C18H20FN3OS. The molecule has 0 bridgehead atoms. The summed E-state index contributed by atoms with van der Waals surface area (Å²) in [7, 11) is 0. The highest BCUT2D eigenvalue weighted by molar-refractivity contribution is 7.07. The van der Waals surface area contributed by atoms with Gasteiger partial charge in [0.15, 0.2) is 0 Å². The molecule has 2 aliphatic heterocycles. The molecule has 0 aliphatic carbocycles. The maximum Gasteiger partial charge on any atom is 0.273 e. The molecule has 24 heavy (non-hydrogen) atoms. The van der Waals surface area contributed by atoms with Gasteiger partial charge in [-0.1, -0.05) is 12.1 Å². The number of piperidine rings is 1. The van der Waals surface area contributed by atoms with E-state index in [1.54, 1.807) is 17.6 Å². The van der Waals surface area contributed by atoms with Crippen molar-refractivity contribution in [2.24, 2.45) is 0 Å². The number of benzene rings is 1. The fraction of sp³-hybridized carbons (Fsp3) is 0.444. The molecule has 3 heterocycles. The lowest BCUT2D eigenvalue weighted by molar-refractivity contribution is -0.0649. The number of nitrogens with zero attached hydrogens (tertiary/aromatic N) is 3. The molecule has 0 N–H and O–H groups in total. The maximum atomic E-state index is 13.4. The van der Waals surface area contributed by atoms with E-state index in [2.05, 4.69) is 9.88 Å². The van der Waals surface area contributed by atoms with Gasteiger partial charge in [-0.2, -0.15) is 0 Å². The van der Waals surface area contributed by atoms with E-state index in [0.29, 0.717) is 5.69 Å². The molecule has 0 unspecified atom stereocenters. The van der Waals surface area contributed by atoms with Gasteiger partial charge in [-0.05, 0) is 37.0 Å². The van der Waals surface area contributed by atoms with E-state index >= 15 is 0 Å². The minimum Gasteiger partial charge on any atom is -0.335 e. The summed E-state index contributed by atoms with van der Waals surface area (Å²) in [4.78, 5) is 21.1. The van der Waals surface area contributed by atoms with Crippen molar-refractivity contribution in [2.75, 3.05) is 19.6 Å². The largest absolute Gasteiger partial charge is 0.335 e. The number of carbonyl (C=O) groups excluding carboxylic acids is 1. The fourth-order valence-electron chi connectivity index (χ4n) is 3.92. The number of hydrogen-bond donors (Lipinski definition) is 0. The highest BCUT2D eigenvalue weighted by atomic mass is 32.1. The van der Waals surface area contributed by atoms with E-state index in [0.717, 1.165) is 51.0 Å². The van der Waals surface area contributed by atoms with Crippen molar-refractivity contribution in [3.8, 4) is 0 Å². The van der Waals surface area contributed by atoms with Gasteiger partial charge in [0.2, 0.25) is 0 Å². The maximum absolute atomic E-state index is 13.4. The van der Waals surface area contributed by atoms with E-state index in [1.807, 2.05) is 16.3 Å². The molecular weight excluding hydrogens is 325 g/mol. The zero-order chi connectivity index (χ0) is 16.6. The quantitative estimate of drug-likeness (QED) is 0.857. The average molecular weight is 345 g/mol. The van der Waals surface area contributed by atoms with Crippen molar-refractivity contribution >= 4 is 17.2 Å². The van der Waals surface area contributed by atoms with Crippen LogP contribution >= 0.6 is 11.3 Å². The second-order valence-electron chi connectivity index (χ2n) is 6.73. The number of aromatic nitrogens is 1. The van der Waals surface area contributed by atoms with Crippen LogP contribution < -0.4 is 0 Å². The van der Waals surface area contributed by atoms with Gasteiger partial charge in [-0.3, -0.25) is 9.69 Å². The molecule has 2 aromatic rings. The van der Waals surface area contributed by atoms with Gasteiger partial charge >= 0.3 is 0 Å². The highest BCUT2D eigenvalue weighted by Crippen LogP contribution is 2.40. The predicted molar refractivity (Wildman–Crippen MR) is 91.4 cm³/mol. The van der Waals surface area contributed by atoms with Gasteiger partial charge in [0.25, 0.3) is 5.91 Å². The Morgan fingerprint density at radius 3 is 2.96 bits per heavy atom. The summed E-state index contributed by atoms with van der Waals surface area (Å²) < 4.78 is 13.4. The van der Waals surface area contributed by atoms with Crippen molar-refractivity contribution in [1.29, 1.82) is 0 Å². The molecule has 6 heteroatoms. The Balaban J connectivity index is 1.47. The van der Waals surface area contributed by atoms with Crippen LogP contribution in [-0.4, -0.2) is 45.9 Å². The SMILES string of the molecule is O=C(c1cscn1)N1CCC[C@]2(CCN2Cc2cccc(F)c2)C1. The predicted octanol–water partition coefficient (Wildman–Crippen LogP) is 3.16. The monoisotopic (exact) mass is 345 g/mol. The lowest BCUT2D eigenvalue weighted by atomic mass is 9.77. The minimum absolute atomic E-state index is 0.0351. The summed E-state index contributed by atoms with van der Waals surface area (Å²) in [6, 6.07) is 6.81. The molecule has 1 spiro atoms. The second-order valence-corrected chi connectivity index (χ2v) is 7.45. The summed E-state index contributed by atoms with van der Waals surface area (Å²) >= 11 is 1.45. The molecule has 2 saturated heterocycles. The third-order valence-corrected chi connectivity index (χ3v) is 5.86. The third-order valence-electron chi connectivity index (χ3n) is 5.27. The van der Waals surface area contributed by atoms with Crippen molar-refractivity contribution < 1.29 is 9.18 Å². The Bertz CT molecular complexity index is 736. The molecule has 0 radical (unpaired) electrons. The van der Waals surface area contributed by atoms with E-state index in [1.165, 1.54) is 17.4 Å². The van der Waals surface area contributed by atoms with E-state index in [9.17, 15) is 9.18 Å². The van der Waals surface area contributed by atoms with Crippen LogP contribution in [0.5, 0.6) is 0 Å². The topological polar surface area (TPSA) is 36.4 Å². The lowest BCUT2D eigenvalue weighted by Gasteiger charge is -2.57. The van der Waals surface area contributed by atoms with Gasteiger partial charge in [0, 0.05) is 37.1 Å². The van der Waals surface area contributed by atoms with Crippen LogP contribution in [0.15, 0.2) is 35.2 Å². The van der Waals surface area contributed by atoms with Crippen LogP contribution in [0.2, 0.25) is 0 Å². The number of amides is 1. The van der Waals surface area contributed by atoms with Gasteiger partial charge in [-0.25, -0.2) is 9.37 Å². The second kappa shape index (κ2) is 6.26. The lowest BCUT2D eigenvalue weighted by Crippen LogP contribution is -2.67. The summed E-state index contributed by atoms with van der Waals surface area (Å²) in [6.45, 7) is 3.30. The van der Waals surface area contributed by atoms with Gasteiger partial charge < -0.3 is 4.90 Å². The number of hydrogen-bond acceptors (Lipinski definition) is 4. The first-order valence-corrected chi connectivity index (χ1v) is 9.28. The first kappa shape index (κ1) is 15.7. The number of rotatable bonds is 3. The summed E-state index contributed by atoms with van der Waals surface area (Å²) in [6.07, 6.45) is 3.21. The Kier molecular flexibility index (Phi) is 4.10. The van der Waals surface area contributed by atoms with Crippen LogP contribution in [0.25, 0.3) is 0 Å². The minimum atomic E-state index is -0.189. The zero-order valence-corrected chi connectivity index (χ0v) is 14.3. The number of halogens is 1. The summed E-state index contributed by atoms with van der Waals surface area (Å²) in [5.74, 6) is -0.154. The molecule has 4 rings (SSSR count). The van der Waals surface area contributed by atoms with Crippen molar-refractivity contribution in [3.63, 3.8) is 0 Å². The van der Waals surface area contributed by atoms with Crippen LogP contribution in [0.4, 0.5) is 4.39 Å². The van der Waals surface area contributed by atoms with Crippen LogP contribution in [0.3, 0.4) is 0 Å². The molecule has 0 saturated carbocycles. The Labute approximate surface area is 144 Å².